The lowest BCUT2D eigenvalue weighted by atomic mass is 9.84. The zero-order valence-corrected chi connectivity index (χ0v) is 17.9. The van der Waals surface area contributed by atoms with Gasteiger partial charge in [-0.15, -0.1) is 0 Å². The maximum atomic E-state index is 13.2. The van der Waals surface area contributed by atoms with Crippen LogP contribution < -0.4 is 0 Å². The Bertz CT molecular complexity index is 730. The summed E-state index contributed by atoms with van der Waals surface area (Å²) in [5, 5.41) is 0. The number of likely N-dealkylation sites (tertiary alicyclic amines) is 1. The largest absolute Gasteiger partial charge is 0.449 e. The van der Waals surface area contributed by atoms with E-state index in [9.17, 15) is 14.4 Å². The van der Waals surface area contributed by atoms with Gasteiger partial charge in [0.25, 0.3) is 0 Å². The number of hydrogen-bond acceptors (Lipinski definition) is 5. The summed E-state index contributed by atoms with van der Waals surface area (Å²) in [6.07, 6.45) is 3.07. The third-order valence-corrected chi connectivity index (χ3v) is 6.13. The molecule has 0 radical (unpaired) electrons. The van der Waals surface area contributed by atoms with E-state index in [1.807, 2.05) is 37.3 Å². The lowest BCUT2D eigenvalue weighted by Gasteiger charge is -2.35. The van der Waals surface area contributed by atoms with Crippen molar-refractivity contribution in [2.75, 3.05) is 26.3 Å². The van der Waals surface area contributed by atoms with Gasteiger partial charge in [0.05, 0.1) is 12.6 Å². The van der Waals surface area contributed by atoms with Gasteiger partial charge in [-0.25, -0.2) is 14.5 Å². The second-order valence-corrected chi connectivity index (χ2v) is 8.21. The van der Waals surface area contributed by atoms with Gasteiger partial charge in [-0.2, -0.15) is 0 Å². The Morgan fingerprint density at radius 2 is 1.90 bits per heavy atom. The Kier molecular flexibility index (Phi) is 7.71. The molecule has 1 aromatic carbocycles. The van der Waals surface area contributed by atoms with E-state index in [-0.39, 0.29) is 36.5 Å². The highest BCUT2D eigenvalue weighted by atomic mass is 16.6. The Labute approximate surface area is 178 Å². The van der Waals surface area contributed by atoms with Crippen LogP contribution in [0.3, 0.4) is 0 Å². The molecule has 30 heavy (non-hydrogen) atoms. The van der Waals surface area contributed by atoms with Gasteiger partial charge in [0.15, 0.2) is 0 Å². The average Bonchev–Trinajstić information content (AvgIpc) is 3.13. The molecule has 164 valence electrons. The number of amides is 3. The molecule has 3 amide bonds. The maximum Gasteiger partial charge on any atom is 0.416 e. The van der Waals surface area contributed by atoms with Crippen molar-refractivity contribution < 1.29 is 23.9 Å². The van der Waals surface area contributed by atoms with Gasteiger partial charge >= 0.3 is 12.2 Å². The quantitative estimate of drug-likeness (QED) is 0.631. The molecule has 0 bridgehead atoms. The minimum Gasteiger partial charge on any atom is -0.449 e. The molecule has 1 aromatic rings. The first-order valence-corrected chi connectivity index (χ1v) is 11.0. The summed E-state index contributed by atoms with van der Waals surface area (Å²) in [5.41, 5.74) is 1.07. The molecule has 2 aliphatic heterocycles. The number of imide groups is 1. The summed E-state index contributed by atoms with van der Waals surface area (Å²) < 4.78 is 10.5. The van der Waals surface area contributed by atoms with Crippen LogP contribution in [-0.2, 0) is 20.7 Å². The van der Waals surface area contributed by atoms with Crippen molar-refractivity contribution in [3.05, 3.63) is 35.9 Å². The second kappa shape index (κ2) is 10.5. The minimum atomic E-state index is -0.551. The molecule has 2 aliphatic rings. The van der Waals surface area contributed by atoms with Gasteiger partial charge in [0.1, 0.15) is 6.61 Å². The fraction of sp³-hybridized carbons (Fsp3) is 0.609. The van der Waals surface area contributed by atoms with Crippen molar-refractivity contribution in [3.63, 3.8) is 0 Å². The molecular formula is C23H32N2O5. The van der Waals surface area contributed by atoms with E-state index in [1.165, 1.54) is 4.90 Å². The Hall–Kier alpha value is -2.57. The van der Waals surface area contributed by atoms with Crippen LogP contribution in [0.15, 0.2) is 30.3 Å². The smallest absolute Gasteiger partial charge is 0.416 e. The number of nitrogens with zero attached hydrogens (tertiary/aromatic N) is 2. The van der Waals surface area contributed by atoms with E-state index < -0.39 is 6.09 Å². The van der Waals surface area contributed by atoms with Crippen molar-refractivity contribution >= 4 is 18.1 Å². The molecule has 2 saturated heterocycles. The van der Waals surface area contributed by atoms with E-state index in [0.29, 0.717) is 26.1 Å². The molecule has 7 nitrogen and oxygen atoms in total. The molecule has 7 heteroatoms. The highest BCUT2D eigenvalue weighted by Gasteiger charge is 2.42. The highest BCUT2D eigenvalue weighted by molar-refractivity contribution is 5.94. The molecule has 0 saturated carbocycles. The van der Waals surface area contributed by atoms with Gasteiger partial charge in [-0.3, -0.25) is 4.79 Å². The van der Waals surface area contributed by atoms with Crippen LogP contribution in [-0.4, -0.2) is 60.2 Å². The zero-order valence-electron chi connectivity index (χ0n) is 17.9. The maximum absolute atomic E-state index is 13.2. The number of cyclic esters (lactones) is 1. The molecular weight excluding hydrogens is 384 g/mol. The molecule has 0 spiro atoms. The van der Waals surface area contributed by atoms with Gasteiger partial charge in [-0.05, 0) is 37.2 Å². The topological polar surface area (TPSA) is 76.2 Å². The molecule has 0 unspecified atom stereocenters. The van der Waals surface area contributed by atoms with E-state index in [1.54, 1.807) is 4.90 Å². The van der Waals surface area contributed by atoms with Gasteiger partial charge in [0, 0.05) is 19.0 Å². The summed E-state index contributed by atoms with van der Waals surface area (Å²) >= 11 is 0. The lowest BCUT2D eigenvalue weighted by Crippen LogP contribution is -2.47. The van der Waals surface area contributed by atoms with Crippen LogP contribution in [0.4, 0.5) is 9.59 Å². The van der Waals surface area contributed by atoms with Gasteiger partial charge in [-0.1, -0.05) is 50.6 Å². The number of carbonyl (C=O) groups is 3. The minimum absolute atomic E-state index is 0.128. The van der Waals surface area contributed by atoms with E-state index in [4.69, 9.17) is 9.47 Å². The third-order valence-electron chi connectivity index (χ3n) is 6.13. The molecule has 2 heterocycles. The van der Waals surface area contributed by atoms with Gasteiger partial charge in [0.2, 0.25) is 5.91 Å². The fourth-order valence-electron chi connectivity index (χ4n) is 4.17. The number of piperidine rings is 1. The molecule has 0 aliphatic carbocycles. The Morgan fingerprint density at radius 3 is 2.57 bits per heavy atom. The SMILES string of the molecule is CCCCOC(=O)N1CCC([C@H](C)C(=O)N2C(=O)OC[C@@H]2Cc2ccccc2)CC1. The van der Waals surface area contributed by atoms with Crippen molar-refractivity contribution in [1.29, 1.82) is 0 Å². The summed E-state index contributed by atoms with van der Waals surface area (Å²) in [5.74, 6) is -0.349. The standard InChI is InChI=1S/C23H32N2O5/c1-3-4-14-29-22(27)24-12-10-19(11-13-24)17(2)21(26)25-20(16-30-23(25)28)15-18-8-6-5-7-9-18/h5-9,17,19-20H,3-4,10-16H2,1-2H3/t17-,20-/m0/s1. The van der Waals surface area contributed by atoms with Crippen LogP contribution in [0, 0.1) is 11.8 Å². The number of rotatable bonds is 7. The first-order valence-electron chi connectivity index (χ1n) is 11.0. The van der Waals surface area contributed by atoms with E-state index in [0.717, 1.165) is 31.2 Å². The number of ether oxygens (including phenoxy) is 2. The summed E-state index contributed by atoms with van der Waals surface area (Å²) in [4.78, 5) is 40.6. The van der Waals surface area contributed by atoms with Crippen molar-refractivity contribution in [2.24, 2.45) is 11.8 Å². The number of hydrogen-bond donors (Lipinski definition) is 0. The van der Waals surface area contributed by atoms with E-state index >= 15 is 0 Å². The first-order chi connectivity index (χ1) is 14.5. The number of unbranched alkanes of at least 4 members (excludes halogenated alkanes) is 1. The Morgan fingerprint density at radius 1 is 1.20 bits per heavy atom. The normalized spacial score (nSPS) is 20.7. The Balaban J connectivity index is 1.54. The van der Waals surface area contributed by atoms with Crippen LogP contribution in [0.25, 0.3) is 0 Å². The predicted molar refractivity (Wildman–Crippen MR) is 112 cm³/mol. The van der Waals surface area contributed by atoms with Crippen molar-refractivity contribution in [2.45, 2.75) is 52.0 Å². The third kappa shape index (κ3) is 5.32. The molecule has 2 atom stereocenters. The summed E-state index contributed by atoms with van der Waals surface area (Å²) in [6.45, 7) is 5.76. The average molecular weight is 417 g/mol. The van der Waals surface area contributed by atoms with Crippen LogP contribution in [0.1, 0.15) is 45.1 Å². The van der Waals surface area contributed by atoms with Crippen molar-refractivity contribution in [3.8, 4) is 0 Å². The van der Waals surface area contributed by atoms with Crippen LogP contribution in [0.5, 0.6) is 0 Å². The zero-order chi connectivity index (χ0) is 21.5. The predicted octanol–water partition coefficient (Wildman–Crippen LogP) is 3.86. The van der Waals surface area contributed by atoms with Crippen LogP contribution in [0.2, 0.25) is 0 Å². The second-order valence-electron chi connectivity index (χ2n) is 8.21. The first kappa shape index (κ1) is 22.1. The monoisotopic (exact) mass is 416 g/mol. The molecule has 0 aromatic heterocycles. The number of benzene rings is 1. The van der Waals surface area contributed by atoms with E-state index in [2.05, 4.69) is 6.92 Å². The van der Waals surface area contributed by atoms with Crippen molar-refractivity contribution in [1.82, 2.24) is 9.80 Å². The van der Waals surface area contributed by atoms with Crippen LogP contribution >= 0.6 is 0 Å². The summed E-state index contributed by atoms with van der Waals surface area (Å²) in [6, 6.07) is 9.54. The number of carbonyl (C=O) groups excluding carboxylic acids is 3. The fourth-order valence-corrected chi connectivity index (χ4v) is 4.17. The van der Waals surface area contributed by atoms with Gasteiger partial charge < -0.3 is 14.4 Å². The molecule has 2 fully saturated rings. The molecule has 3 rings (SSSR count). The summed E-state index contributed by atoms with van der Waals surface area (Å²) in [7, 11) is 0. The highest BCUT2D eigenvalue weighted by Crippen LogP contribution is 2.29. The lowest BCUT2D eigenvalue weighted by molar-refractivity contribution is -0.135. The molecule has 0 N–H and O–H groups in total.